The molecule has 0 unspecified atom stereocenters. The molecule has 0 aliphatic carbocycles. The predicted molar refractivity (Wildman–Crippen MR) is 111 cm³/mol. The lowest BCUT2D eigenvalue weighted by Crippen LogP contribution is -2.26. The van der Waals surface area contributed by atoms with Crippen molar-refractivity contribution in [1.29, 1.82) is 0 Å². The molecule has 30 heavy (non-hydrogen) atoms. The van der Waals surface area contributed by atoms with E-state index in [0.29, 0.717) is 42.1 Å². The van der Waals surface area contributed by atoms with E-state index in [1.54, 1.807) is 12.1 Å². The van der Waals surface area contributed by atoms with Gasteiger partial charge in [0.25, 0.3) is 5.56 Å². The van der Waals surface area contributed by atoms with E-state index in [2.05, 4.69) is 15.4 Å². The van der Waals surface area contributed by atoms with Crippen LogP contribution in [0.3, 0.4) is 0 Å². The molecule has 3 heterocycles. The minimum absolute atomic E-state index is 0.0633. The molecule has 1 saturated heterocycles. The molecule has 1 fully saturated rings. The lowest BCUT2D eigenvalue weighted by atomic mass is 10.0. The summed E-state index contributed by atoms with van der Waals surface area (Å²) in [6, 6.07) is 8.83. The summed E-state index contributed by atoms with van der Waals surface area (Å²) in [7, 11) is 0. The Morgan fingerprint density at radius 2 is 2.07 bits per heavy atom. The number of hydrogen-bond donors (Lipinski definition) is 1. The largest absolute Gasteiger partial charge is 0.439 e. The van der Waals surface area contributed by atoms with E-state index in [-0.39, 0.29) is 10.8 Å². The van der Waals surface area contributed by atoms with E-state index in [9.17, 15) is 9.18 Å². The van der Waals surface area contributed by atoms with Crippen molar-refractivity contribution < 1.29 is 13.9 Å². The second kappa shape index (κ2) is 9.23. The summed E-state index contributed by atoms with van der Waals surface area (Å²) in [5.41, 5.74) is 0.490. The van der Waals surface area contributed by atoms with Gasteiger partial charge in [0.15, 0.2) is 0 Å². The van der Waals surface area contributed by atoms with Crippen LogP contribution in [-0.4, -0.2) is 34.5 Å². The maximum Gasteiger partial charge on any atom is 0.292 e. The molecule has 0 bridgehead atoms. The SMILES string of the molecule is O=c1c(Cl)c(NC[C@@H]2CCCOC2)cnn1-c1ccc(Oc2ccc(F)cc2)nc1. The van der Waals surface area contributed by atoms with Crippen LogP contribution in [0, 0.1) is 11.7 Å². The lowest BCUT2D eigenvalue weighted by Gasteiger charge is -2.22. The Labute approximate surface area is 177 Å². The quantitative estimate of drug-likeness (QED) is 0.635. The zero-order valence-corrected chi connectivity index (χ0v) is 16.8. The minimum Gasteiger partial charge on any atom is -0.439 e. The fourth-order valence-corrected chi connectivity index (χ4v) is 3.34. The molecule has 1 aliphatic rings. The smallest absolute Gasteiger partial charge is 0.292 e. The van der Waals surface area contributed by atoms with E-state index in [1.165, 1.54) is 41.3 Å². The molecule has 156 valence electrons. The fraction of sp³-hybridized carbons (Fsp3) is 0.286. The molecular weight excluding hydrogens is 411 g/mol. The van der Waals surface area contributed by atoms with Crippen molar-refractivity contribution in [2.24, 2.45) is 5.92 Å². The van der Waals surface area contributed by atoms with Gasteiger partial charge in [0, 0.05) is 19.2 Å². The number of anilines is 1. The second-order valence-corrected chi connectivity index (χ2v) is 7.34. The summed E-state index contributed by atoms with van der Waals surface area (Å²) in [5.74, 6) is 0.791. The molecule has 1 N–H and O–H groups in total. The van der Waals surface area contributed by atoms with Gasteiger partial charge in [0.2, 0.25) is 5.88 Å². The number of ether oxygens (including phenoxy) is 2. The van der Waals surface area contributed by atoms with Crippen LogP contribution in [0.2, 0.25) is 5.02 Å². The van der Waals surface area contributed by atoms with Crippen molar-refractivity contribution in [3.8, 4) is 17.3 Å². The fourth-order valence-electron chi connectivity index (χ4n) is 3.14. The number of halogens is 2. The van der Waals surface area contributed by atoms with Crippen LogP contribution < -0.4 is 15.6 Å². The maximum absolute atomic E-state index is 13.0. The topological polar surface area (TPSA) is 78.3 Å². The monoisotopic (exact) mass is 430 g/mol. The van der Waals surface area contributed by atoms with Gasteiger partial charge in [-0.1, -0.05) is 11.6 Å². The Kier molecular flexibility index (Phi) is 6.25. The first-order valence-corrected chi connectivity index (χ1v) is 9.97. The molecule has 2 aromatic heterocycles. The zero-order valence-electron chi connectivity index (χ0n) is 16.1. The summed E-state index contributed by atoms with van der Waals surface area (Å²) in [6.07, 6.45) is 5.09. The number of benzene rings is 1. The van der Waals surface area contributed by atoms with Gasteiger partial charge in [0.05, 0.1) is 30.4 Å². The lowest BCUT2D eigenvalue weighted by molar-refractivity contribution is 0.0595. The van der Waals surface area contributed by atoms with E-state index >= 15 is 0 Å². The van der Waals surface area contributed by atoms with Crippen LogP contribution in [0.25, 0.3) is 5.69 Å². The summed E-state index contributed by atoms with van der Waals surface area (Å²) < 4.78 is 25.2. The van der Waals surface area contributed by atoms with E-state index in [4.69, 9.17) is 21.1 Å². The minimum atomic E-state index is -0.449. The number of nitrogens with zero attached hydrogens (tertiary/aromatic N) is 3. The summed E-state index contributed by atoms with van der Waals surface area (Å²) in [4.78, 5) is 16.8. The van der Waals surface area contributed by atoms with Gasteiger partial charge >= 0.3 is 0 Å². The summed E-state index contributed by atoms with van der Waals surface area (Å²) >= 11 is 6.27. The molecule has 7 nitrogen and oxygen atoms in total. The predicted octanol–water partition coefficient (Wildman–Crippen LogP) is 4.05. The third kappa shape index (κ3) is 4.77. The molecule has 4 rings (SSSR count). The molecule has 1 aromatic carbocycles. The average molecular weight is 431 g/mol. The molecular formula is C21H20ClFN4O3. The summed E-state index contributed by atoms with van der Waals surface area (Å²) in [6.45, 7) is 2.17. The van der Waals surface area contributed by atoms with Gasteiger partial charge in [-0.3, -0.25) is 4.79 Å². The normalized spacial score (nSPS) is 16.3. The first-order valence-electron chi connectivity index (χ1n) is 9.59. The molecule has 1 atom stereocenters. The molecule has 0 spiro atoms. The van der Waals surface area contributed by atoms with Gasteiger partial charge in [-0.25, -0.2) is 9.37 Å². The standard InChI is InChI=1S/C21H20ClFN4O3/c22-20-18(24-10-14-2-1-9-29-13-14)12-26-27(21(20)28)16-5-8-19(25-11-16)30-17-6-3-15(23)4-7-17/h3-8,11-12,14,24H,1-2,9-10,13H2/t14-/m0/s1. The number of aromatic nitrogens is 3. The second-order valence-electron chi connectivity index (χ2n) is 6.96. The van der Waals surface area contributed by atoms with E-state index in [0.717, 1.165) is 19.4 Å². The van der Waals surface area contributed by atoms with Crippen LogP contribution in [0.5, 0.6) is 11.6 Å². The van der Waals surface area contributed by atoms with E-state index < -0.39 is 5.56 Å². The van der Waals surface area contributed by atoms with Crippen molar-refractivity contribution in [2.75, 3.05) is 25.1 Å². The van der Waals surface area contributed by atoms with Crippen molar-refractivity contribution in [3.63, 3.8) is 0 Å². The highest BCUT2D eigenvalue weighted by molar-refractivity contribution is 6.32. The molecule has 0 amide bonds. The highest BCUT2D eigenvalue weighted by Gasteiger charge is 2.16. The summed E-state index contributed by atoms with van der Waals surface area (Å²) in [5, 5.41) is 7.46. The highest BCUT2D eigenvalue weighted by Crippen LogP contribution is 2.22. The number of hydrogen-bond acceptors (Lipinski definition) is 6. The zero-order chi connectivity index (χ0) is 20.9. The Balaban J connectivity index is 1.46. The van der Waals surface area contributed by atoms with Gasteiger partial charge < -0.3 is 14.8 Å². The molecule has 0 radical (unpaired) electrons. The Hall–Kier alpha value is -2.97. The molecule has 3 aromatic rings. The molecule has 9 heteroatoms. The van der Waals surface area contributed by atoms with Gasteiger partial charge in [0.1, 0.15) is 16.6 Å². The van der Waals surface area contributed by atoms with E-state index in [1.807, 2.05) is 0 Å². The van der Waals surface area contributed by atoms with Crippen LogP contribution in [0.15, 0.2) is 53.6 Å². The Morgan fingerprint density at radius 1 is 1.23 bits per heavy atom. The third-order valence-corrected chi connectivity index (χ3v) is 5.12. The van der Waals surface area contributed by atoms with Crippen molar-refractivity contribution in [1.82, 2.24) is 14.8 Å². The van der Waals surface area contributed by atoms with Gasteiger partial charge in [-0.05, 0) is 49.1 Å². The van der Waals surface area contributed by atoms with Crippen LogP contribution >= 0.6 is 11.6 Å². The highest BCUT2D eigenvalue weighted by atomic mass is 35.5. The molecule has 1 aliphatic heterocycles. The number of nitrogens with one attached hydrogen (secondary N) is 1. The van der Waals surface area contributed by atoms with Crippen LogP contribution in [-0.2, 0) is 4.74 Å². The van der Waals surface area contributed by atoms with Crippen molar-refractivity contribution in [2.45, 2.75) is 12.8 Å². The average Bonchev–Trinajstić information content (AvgIpc) is 2.78. The number of pyridine rings is 1. The maximum atomic E-state index is 13.0. The molecule has 0 saturated carbocycles. The van der Waals surface area contributed by atoms with Crippen molar-refractivity contribution in [3.05, 3.63) is 70.0 Å². The first kappa shape index (κ1) is 20.3. The van der Waals surface area contributed by atoms with Crippen LogP contribution in [0.4, 0.5) is 10.1 Å². The van der Waals surface area contributed by atoms with Gasteiger partial charge in [-0.2, -0.15) is 9.78 Å². The number of rotatable bonds is 6. The van der Waals surface area contributed by atoms with Gasteiger partial charge in [-0.15, -0.1) is 0 Å². The third-order valence-electron chi connectivity index (χ3n) is 4.76. The Bertz CT molecular complexity index is 1050. The first-order chi connectivity index (χ1) is 14.6. The van der Waals surface area contributed by atoms with Crippen molar-refractivity contribution >= 4 is 17.3 Å². The Morgan fingerprint density at radius 3 is 2.77 bits per heavy atom. The van der Waals surface area contributed by atoms with Crippen LogP contribution in [0.1, 0.15) is 12.8 Å².